The fourth-order valence-electron chi connectivity index (χ4n) is 5.17. The zero-order valence-corrected chi connectivity index (χ0v) is 22.2. The van der Waals surface area contributed by atoms with Crippen LogP contribution >= 0.6 is 25.3 Å². The van der Waals surface area contributed by atoms with Crippen molar-refractivity contribution in [1.82, 2.24) is 0 Å². The van der Waals surface area contributed by atoms with Gasteiger partial charge in [-0.15, -0.1) is 25.3 Å². The molecule has 0 saturated carbocycles. The summed E-state index contributed by atoms with van der Waals surface area (Å²) in [6.45, 7) is 6.91. The van der Waals surface area contributed by atoms with E-state index >= 15 is 0 Å². The molecule has 0 saturated heterocycles. The molecule has 4 nitrogen and oxygen atoms in total. The molecule has 6 heteroatoms. The summed E-state index contributed by atoms with van der Waals surface area (Å²) >= 11 is 9.02. The maximum Gasteiger partial charge on any atom is 0.161 e. The molecule has 36 heavy (non-hydrogen) atoms. The highest BCUT2D eigenvalue weighted by Gasteiger charge is 2.23. The zero-order chi connectivity index (χ0) is 24.8. The number of thiol groups is 2. The van der Waals surface area contributed by atoms with E-state index in [1.807, 2.05) is 24.3 Å². The molecule has 2 heterocycles. The number of nitrogens with zero attached hydrogens (tertiary/aromatic N) is 2. The van der Waals surface area contributed by atoms with Gasteiger partial charge in [-0.2, -0.15) is 0 Å². The molecule has 4 aromatic carbocycles. The van der Waals surface area contributed by atoms with E-state index in [1.165, 1.54) is 22.3 Å². The largest absolute Gasteiger partial charge is 0.472 e. The van der Waals surface area contributed by atoms with Crippen molar-refractivity contribution in [3.05, 3.63) is 95.1 Å². The smallest absolute Gasteiger partial charge is 0.161 e. The van der Waals surface area contributed by atoms with Crippen molar-refractivity contribution in [2.45, 2.75) is 36.7 Å². The van der Waals surface area contributed by atoms with Crippen LogP contribution in [-0.2, 0) is 13.1 Å². The van der Waals surface area contributed by atoms with E-state index < -0.39 is 0 Å². The van der Waals surface area contributed by atoms with Gasteiger partial charge in [0.05, 0.1) is 0 Å². The lowest BCUT2D eigenvalue weighted by Gasteiger charge is -2.33. The summed E-state index contributed by atoms with van der Waals surface area (Å²) < 4.78 is 12.4. The third-order valence-electron chi connectivity index (χ3n) is 6.88. The lowest BCUT2D eigenvalue weighted by molar-refractivity contribution is 0.287. The fraction of sp³-hybridized carbons (Fsp3) is 0.200. The van der Waals surface area contributed by atoms with Gasteiger partial charge in [0.15, 0.2) is 13.5 Å². The first-order chi connectivity index (χ1) is 17.4. The Morgan fingerprint density at radius 1 is 0.611 bits per heavy atom. The maximum atomic E-state index is 6.21. The van der Waals surface area contributed by atoms with Gasteiger partial charge in [0, 0.05) is 45.4 Å². The summed E-state index contributed by atoms with van der Waals surface area (Å²) in [6.07, 6.45) is 0. The number of fused-ring (bicyclic) bond motifs is 2. The lowest BCUT2D eigenvalue weighted by Crippen LogP contribution is -2.32. The number of hydrogen-bond donors (Lipinski definition) is 2. The van der Waals surface area contributed by atoms with Gasteiger partial charge in [-0.3, -0.25) is 0 Å². The average Bonchev–Trinajstić information content (AvgIpc) is 2.88. The van der Waals surface area contributed by atoms with Gasteiger partial charge in [0.25, 0.3) is 0 Å². The standard InChI is InChI=1S/C30H28N2O2S2/c1-19-9-21(11-23-15-31(17-33-29(19)23)25-5-3-7-27(35)13-25)22-10-20(2)30-24(12-22)16-32(18-34-30)26-6-4-8-28(36)14-26/h3-14,35-36H,15-18H2,1-2H3. The van der Waals surface area contributed by atoms with Crippen molar-refractivity contribution < 1.29 is 9.47 Å². The van der Waals surface area contributed by atoms with Gasteiger partial charge < -0.3 is 19.3 Å². The van der Waals surface area contributed by atoms with Crippen LogP contribution in [0.15, 0.2) is 82.6 Å². The normalized spacial score (nSPS) is 14.6. The summed E-state index contributed by atoms with van der Waals surface area (Å²) in [5.74, 6) is 1.99. The Morgan fingerprint density at radius 3 is 1.47 bits per heavy atom. The molecule has 4 aromatic rings. The summed E-state index contributed by atoms with van der Waals surface area (Å²) in [6, 6.07) is 25.4. The molecular weight excluding hydrogens is 484 g/mol. The summed E-state index contributed by atoms with van der Waals surface area (Å²) in [7, 11) is 0. The third kappa shape index (κ3) is 4.40. The molecule has 2 aliphatic rings. The Balaban J connectivity index is 1.33. The number of anilines is 2. The highest BCUT2D eigenvalue weighted by atomic mass is 32.1. The molecule has 6 rings (SSSR count). The van der Waals surface area contributed by atoms with Crippen molar-refractivity contribution in [2.75, 3.05) is 23.3 Å². The topological polar surface area (TPSA) is 24.9 Å². The molecule has 0 radical (unpaired) electrons. The van der Waals surface area contributed by atoms with Gasteiger partial charge in [0.1, 0.15) is 11.5 Å². The van der Waals surface area contributed by atoms with Gasteiger partial charge in [0.2, 0.25) is 0 Å². The highest BCUT2D eigenvalue weighted by molar-refractivity contribution is 7.80. The van der Waals surface area contributed by atoms with Crippen LogP contribution < -0.4 is 19.3 Å². The SMILES string of the molecule is Cc1cc(-c2cc(C)c3c(c2)CN(c2cccc(S)c2)CO3)cc2c1OCN(c1cccc(S)c1)C2. The van der Waals surface area contributed by atoms with E-state index in [1.54, 1.807) is 0 Å². The quantitative estimate of drug-likeness (QED) is 0.282. The average molecular weight is 513 g/mol. The molecule has 2 aliphatic heterocycles. The van der Waals surface area contributed by atoms with Crippen LogP contribution in [0.25, 0.3) is 11.1 Å². The first kappa shape index (κ1) is 23.2. The Kier molecular flexibility index (Phi) is 6.02. The second kappa shape index (κ2) is 9.34. The Hall–Kier alpha value is -3.22. The van der Waals surface area contributed by atoms with E-state index in [-0.39, 0.29) is 0 Å². The van der Waals surface area contributed by atoms with Crippen molar-refractivity contribution in [1.29, 1.82) is 0 Å². The van der Waals surface area contributed by atoms with E-state index in [4.69, 9.17) is 9.47 Å². The fourth-order valence-corrected chi connectivity index (χ4v) is 5.61. The lowest BCUT2D eigenvalue weighted by atomic mass is 9.94. The number of benzene rings is 4. The van der Waals surface area contributed by atoms with E-state index in [0.29, 0.717) is 13.5 Å². The first-order valence-electron chi connectivity index (χ1n) is 12.1. The van der Waals surface area contributed by atoms with Gasteiger partial charge in [-0.1, -0.05) is 12.1 Å². The minimum atomic E-state index is 0.531. The molecule has 0 bridgehead atoms. The van der Waals surface area contributed by atoms with Crippen LogP contribution in [0.3, 0.4) is 0 Å². The second-order valence-corrected chi connectivity index (χ2v) is 10.6. The number of hydrogen-bond acceptors (Lipinski definition) is 6. The second-order valence-electron chi connectivity index (χ2n) is 9.55. The van der Waals surface area contributed by atoms with Crippen LogP contribution in [0, 0.1) is 13.8 Å². The molecular formula is C30H28N2O2S2. The molecule has 0 spiro atoms. The summed E-state index contributed by atoms with van der Waals surface area (Å²) in [5, 5.41) is 0. The van der Waals surface area contributed by atoms with Crippen LogP contribution in [0.4, 0.5) is 11.4 Å². The Morgan fingerprint density at radius 2 is 1.06 bits per heavy atom. The zero-order valence-electron chi connectivity index (χ0n) is 20.4. The van der Waals surface area contributed by atoms with Crippen molar-refractivity contribution in [3.8, 4) is 22.6 Å². The predicted molar refractivity (Wildman–Crippen MR) is 152 cm³/mol. The molecule has 0 aliphatic carbocycles. The molecule has 0 aromatic heterocycles. The number of aryl methyl sites for hydroxylation is 2. The van der Waals surface area contributed by atoms with E-state index in [9.17, 15) is 0 Å². The van der Waals surface area contributed by atoms with Crippen LogP contribution in [-0.4, -0.2) is 13.5 Å². The summed E-state index contributed by atoms with van der Waals surface area (Å²) in [4.78, 5) is 6.38. The molecule has 0 atom stereocenters. The van der Waals surface area contributed by atoms with Crippen molar-refractivity contribution >= 4 is 36.6 Å². The third-order valence-corrected chi connectivity index (χ3v) is 7.43. The monoisotopic (exact) mass is 512 g/mol. The van der Waals surface area contributed by atoms with Gasteiger partial charge in [-0.25, -0.2) is 0 Å². The van der Waals surface area contributed by atoms with Crippen LogP contribution in [0.5, 0.6) is 11.5 Å². The predicted octanol–water partition coefficient (Wildman–Crippen LogP) is 7.26. The van der Waals surface area contributed by atoms with Crippen molar-refractivity contribution in [2.24, 2.45) is 0 Å². The molecule has 0 N–H and O–H groups in total. The molecule has 182 valence electrons. The first-order valence-corrected chi connectivity index (χ1v) is 12.9. The molecule has 0 fully saturated rings. The maximum absolute atomic E-state index is 6.21. The minimum Gasteiger partial charge on any atom is -0.472 e. The molecule has 0 amide bonds. The van der Waals surface area contributed by atoms with E-state index in [2.05, 4.69) is 97.4 Å². The van der Waals surface area contributed by atoms with Gasteiger partial charge >= 0.3 is 0 Å². The minimum absolute atomic E-state index is 0.531. The summed E-state index contributed by atoms with van der Waals surface area (Å²) in [5.41, 5.74) is 9.32. The highest BCUT2D eigenvalue weighted by Crippen LogP contribution is 2.39. The van der Waals surface area contributed by atoms with E-state index in [0.717, 1.165) is 56.9 Å². The number of rotatable bonds is 3. The van der Waals surface area contributed by atoms with Gasteiger partial charge in [-0.05, 0) is 96.8 Å². The number of ether oxygens (including phenoxy) is 2. The van der Waals surface area contributed by atoms with Crippen LogP contribution in [0.1, 0.15) is 22.3 Å². The Bertz CT molecular complexity index is 1360. The van der Waals surface area contributed by atoms with Crippen LogP contribution in [0.2, 0.25) is 0 Å². The molecule has 0 unspecified atom stereocenters. The van der Waals surface area contributed by atoms with Crippen molar-refractivity contribution in [3.63, 3.8) is 0 Å². The Labute approximate surface area is 223 Å².